The monoisotopic (exact) mass is 272 g/mol. The third-order valence-electron chi connectivity index (χ3n) is 2.53. The highest BCUT2D eigenvalue weighted by Crippen LogP contribution is 2.26. The predicted molar refractivity (Wildman–Crippen MR) is 75.1 cm³/mol. The number of anilines is 2. The molecule has 0 amide bonds. The summed E-state index contributed by atoms with van der Waals surface area (Å²) in [5.41, 5.74) is 6.31. The SMILES string of the molecule is CCOc1ncnc(NC(C)C(CO)SC)c1N. The molecule has 2 unspecified atom stereocenters. The molecule has 1 aromatic heterocycles. The van der Waals surface area contributed by atoms with E-state index >= 15 is 0 Å². The molecule has 0 saturated carbocycles. The minimum absolute atomic E-state index is 0.0386. The topological polar surface area (TPSA) is 93.3 Å². The van der Waals surface area contributed by atoms with Crippen LogP contribution in [-0.4, -0.2) is 45.8 Å². The fraction of sp³-hybridized carbons (Fsp3) is 0.636. The van der Waals surface area contributed by atoms with E-state index < -0.39 is 0 Å². The number of ether oxygens (including phenoxy) is 1. The second-order valence-corrected chi connectivity index (χ2v) is 4.84. The zero-order chi connectivity index (χ0) is 13.5. The van der Waals surface area contributed by atoms with E-state index in [9.17, 15) is 5.11 Å². The summed E-state index contributed by atoms with van der Waals surface area (Å²) >= 11 is 1.59. The van der Waals surface area contributed by atoms with Crippen molar-refractivity contribution in [1.29, 1.82) is 0 Å². The van der Waals surface area contributed by atoms with Gasteiger partial charge in [-0.15, -0.1) is 0 Å². The van der Waals surface area contributed by atoms with Crippen LogP contribution in [0.1, 0.15) is 13.8 Å². The maximum Gasteiger partial charge on any atom is 0.242 e. The Hall–Kier alpha value is -1.21. The van der Waals surface area contributed by atoms with Gasteiger partial charge in [0.2, 0.25) is 5.88 Å². The minimum Gasteiger partial charge on any atom is -0.476 e. The lowest BCUT2D eigenvalue weighted by atomic mass is 10.2. The van der Waals surface area contributed by atoms with Crippen molar-refractivity contribution in [3.05, 3.63) is 6.33 Å². The molecule has 0 aliphatic rings. The normalized spacial score (nSPS) is 14.0. The fourth-order valence-corrected chi connectivity index (χ4v) is 2.12. The number of aromatic nitrogens is 2. The molecule has 102 valence electrons. The van der Waals surface area contributed by atoms with Crippen LogP contribution < -0.4 is 15.8 Å². The second-order valence-electron chi connectivity index (χ2n) is 3.76. The van der Waals surface area contributed by atoms with Gasteiger partial charge in [-0.25, -0.2) is 4.98 Å². The average Bonchev–Trinajstić information content (AvgIpc) is 2.36. The van der Waals surface area contributed by atoms with Crippen molar-refractivity contribution < 1.29 is 9.84 Å². The zero-order valence-electron chi connectivity index (χ0n) is 10.9. The summed E-state index contributed by atoms with van der Waals surface area (Å²) in [6.07, 6.45) is 3.36. The summed E-state index contributed by atoms with van der Waals surface area (Å²) in [5, 5.41) is 12.5. The van der Waals surface area contributed by atoms with Crippen LogP contribution in [-0.2, 0) is 0 Å². The molecule has 18 heavy (non-hydrogen) atoms. The Balaban J connectivity index is 2.81. The lowest BCUT2D eigenvalue weighted by molar-refractivity contribution is 0.288. The van der Waals surface area contributed by atoms with Crippen molar-refractivity contribution in [2.45, 2.75) is 25.1 Å². The summed E-state index contributed by atoms with van der Waals surface area (Å²) in [4.78, 5) is 8.06. The van der Waals surface area contributed by atoms with Crippen LogP contribution in [0, 0.1) is 0 Å². The number of nitrogens with zero attached hydrogens (tertiary/aromatic N) is 2. The highest BCUT2D eigenvalue weighted by atomic mass is 32.2. The van der Waals surface area contributed by atoms with Gasteiger partial charge in [-0.3, -0.25) is 0 Å². The van der Waals surface area contributed by atoms with Gasteiger partial charge in [0.05, 0.1) is 13.2 Å². The van der Waals surface area contributed by atoms with Crippen LogP contribution in [0.25, 0.3) is 0 Å². The van der Waals surface area contributed by atoms with Crippen LogP contribution in [0.3, 0.4) is 0 Å². The van der Waals surface area contributed by atoms with Crippen molar-refractivity contribution in [2.75, 3.05) is 30.5 Å². The first-order valence-electron chi connectivity index (χ1n) is 5.77. The molecule has 0 aromatic carbocycles. The third-order valence-corrected chi connectivity index (χ3v) is 3.70. The Labute approximate surface area is 111 Å². The lowest BCUT2D eigenvalue weighted by Gasteiger charge is -2.22. The standard InChI is InChI=1S/C11H20N4O2S/c1-4-17-11-9(12)10(13-6-14-11)15-7(2)8(5-16)18-3/h6-8,16H,4-5,12H2,1-3H3,(H,13,14,15). The first kappa shape index (κ1) is 14.8. The van der Waals surface area contributed by atoms with Crippen molar-refractivity contribution in [2.24, 2.45) is 0 Å². The number of aliphatic hydroxyl groups excluding tert-OH is 1. The second kappa shape index (κ2) is 7.27. The average molecular weight is 272 g/mol. The van der Waals surface area contributed by atoms with Gasteiger partial charge in [0.25, 0.3) is 0 Å². The maximum absolute atomic E-state index is 9.23. The number of rotatable bonds is 7. The van der Waals surface area contributed by atoms with Gasteiger partial charge in [-0.2, -0.15) is 16.7 Å². The number of nitrogens with one attached hydrogen (secondary N) is 1. The smallest absolute Gasteiger partial charge is 0.242 e. The maximum atomic E-state index is 9.23. The van der Waals surface area contributed by atoms with E-state index in [1.54, 1.807) is 11.8 Å². The largest absolute Gasteiger partial charge is 0.476 e. The summed E-state index contributed by atoms with van der Waals surface area (Å²) in [6.45, 7) is 4.44. The van der Waals surface area contributed by atoms with Gasteiger partial charge in [-0.05, 0) is 20.1 Å². The number of nitrogen functional groups attached to an aromatic ring is 1. The number of aliphatic hydroxyl groups is 1. The highest BCUT2D eigenvalue weighted by Gasteiger charge is 2.18. The first-order chi connectivity index (χ1) is 8.63. The summed E-state index contributed by atoms with van der Waals surface area (Å²) < 4.78 is 5.30. The van der Waals surface area contributed by atoms with Gasteiger partial charge in [0, 0.05) is 11.3 Å². The molecule has 0 saturated heterocycles. The molecule has 0 radical (unpaired) electrons. The van der Waals surface area contributed by atoms with Gasteiger partial charge >= 0.3 is 0 Å². The van der Waals surface area contributed by atoms with E-state index in [-0.39, 0.29) is 17.9 Å². The van der Waals surface area contributed by atoms with E-state index in [0.29, 0.717) is 24.0 Å². The van der Waals surface area contributed by atoms with E-state index in [2.05, 4.69) is 15.3 Å². The molecule has 1 aromatic rings. The van der Waals surface area contributed by atoms with Crippen LogP contribution in [0.4, 0.5) is 11.5 Å². The molecule has 1 heterocycles. The van der Waals surface area contributed by atoms with Crippen molar-refractivity contribution in [3.8, 4) is 5.88 Å². The Bertz CT molecular complexity index is 374. The van der Waals surface area contributed by atoms with Crippen molar-refractivity contribution in [3.63, 3.8) is 0 Å². The first-order valence-corrected chi connectivity index (χ1v) is 7.06. The molecule has 0 aliphatic heterocycles. The van der Waals surface area contributed by atoms with E-state index in [4.69, 9.17) is 10.5 Å². The molecule has 6 nitrogen and oxygen atoms in total. The van der Waals surface area contributed by atoms with Gasteiger partial charge in [0.15, 0.2) is 5.82 Å². The summed E-state index contributed by atoms with van der Waals surface area (Å²) in [5.74, 6) is 0.917. The highest BCUT2D eigenvalue weighted by molar-refractivity contribution is 7.99. The Kier molecular flexibility index (Phi) is 6.00. The van der Waals surface area contributed by atoms with Crippen LogP contribution in [0.5, 0.6) is 5.88 Å². The van der Waals surface area contributed by atoms with Crippen LogP contribution in [0.15, 0.2) is 6.33 Å². The molecule has 7 heteroatoms. The molecule has 0 fully saturated rings. The van der Waals surface area contributed by atoms with Gasteiger partial charge in [0.1, 0.15) is 12.0 Å². The number of hydrogen-bond donors (Lipinski definition) is 3. The number of nitrogens with two attached hydrogens (primary N) is 1. The van der Waals surface area contributed by atoms with E-state index in [1.807, 2.05) is 20.1 Å². The molecule has 4 N–H and O–H groups in total. The van der Waals surface area contributed by atoms with Gasteiger partial charge in [-0.1, -0.05) is 0 Å². The van der Waals surface area contributed by atoms with Crippen LogP contribution >= 0.6 is 11.8 Å². The summed E-state index contributed by atoms with van der Waals surface area (Å²) in [7, 11) is 0. The molecule has 1 rings (SSSR count). The number of thioether (sulfide) groups is 1. The molecule has 0 aliphatic carbocycles. The van der Waals surface area contributed by atoms with Gasteiger partial charge < -0.3 is 20.9 Å². The molecule has 2 atom stereocenters. The quantitative estimate of drug-likeness (QED) is 0.681. The van der Waals surface area contributed by atoms with Crippen molar-refractivity contribution in [1.82, 2.24) is 9.97 Å². The zero-order valence-corrected chi connectivity index (χ0v) is 11.7. The van der Waals surface area contributed by atoms with E-state index in [0.717, 1.165) is 0 Å². The molecule has 0 spiro atoms. The fourth-order valence-electron chi connectivity index (χ4n) is 1.49. The summed E-state index contributed by atoms with van der Waals surface area (Å²) in [6, 6.07) is 0.0386. The van der Waals surface area contributed by atoms with Crippen molar-refractivity contribution >= 4 is 23.3 Å². The number of hydrogen-bond acceptors (Lipinski definition) is 7. The molecule has 0 bridgehead atoms. The van der Waals surface area contributed by atoms with E-state index in [1.165, 1.54) is 6.33 Å². The Morgan fingerprint density at radius 1 is 1.56 bits per heavy atom. The Morgan fingerprint density at radius 2 is 2.28 bits per heavy atom. The Morgan fingerprint density at radius 3 is 2.83 bits per heavy atom. The van der Waals surface area contributed by atoms with Crippen LogP contribution in [0.2, 0.25) is 0 Å². The third kappa shape index (κ3) is 3.64. The minimum atomic E-state index is 0.0386. The molecular weight excluding hydrogens is 252 g/mol. The predicted octanol–water partition coefficient (Wildman–Crippen LogP) is 0.982. The molecular formula is C11H20N4O2S. The lowest BCUT2D eigenvalue weighted by Crippen LogP contribution is -2.31.